The van der Waals surface area contributed by atoms with Gasteiger partial charge in [0.25, 0.3) is 0 Å². The zero-order valence-corrected chi connectivity index (χ0v) is 6.90. The number of morpholine rings is 1. The Morgan fingerprint density at radius 1 is 1.40 bits per heavy atom. The van der Waals surface area contributed by atoms with E-state index in [2.05, 4.69) is 11.5 Å². The first-order valence-electron chi connectivity index (χ1n) is 3.34. The third-order valence-corrected chi connectivity index (χ3v) is 1.49. The second-order valence-electron chi connectivity index (χ2n) is 2.20. The Bertz CT molecular complexity index is 91.6. The molecule has 0 atom stereocenters. The predicted octanol–water partition coefficient (Wildman–Crippen LogP) is 0.926. The van der Waals surface area contributed by atoms with Gasteiger partial charge in [0.05, 0.1) is 13.2 Å². The van der Waals surface area contributed by atoms with Gasteiger partial charge in [-0.3, -0.25) is 4.90 Å². The minimum absolute atomic E-state index is 0. The number of nitrogens with zero attached hydrogens (tertiary/aromatic N) is 1. The van der Waals surface area contributed by atoms with E-state index < -0.39 is 0 Å². The maximum Gasteiger partial charge on any atom is 0.0594 e. The van der Waals surface area contributed by atoms with Crippen molar-refractivity contribution in [1.29, 1.82) is 0 Å². The van der Waals surface area contributed by atoms with Crippen LogP contribution in [0.5, 0.6) is 0 Å². The fraction of sp³-hybridized carbons (Fsp3) is 0.714. The highest BCUT2D eigenvalue weighted by Crippen LogP contribution is 1.94. The van der Waals surface area contributed by atoms with Crippen molar-refractivity contribution in [2.45, 2.75) is 0 Å². The lowest BCUT2D eigenvalue weighted by atomic mass is 10.4. The molecule has 1 saturated heterocycles. The Morgan fingerprint density at radius 3 is 2.50 bits per heavy atom. The van der Waals surface area contributed by atoms with Gasteiger partial charge in [0, 0.05) is 19.6 Å². The molecular weight excluding hydrogens is 150 g/mol. The van der Waals surface area contributed by atoms with Crippen molar-refractivity contribution in [3.05, 3.63) is 12.7 Å². The molecule has 0 spiro atoms. The summed E-state index contributed by atoms with van der Waals surface area (Å²) in [6.45, 7) is 8.56. The van der Waals surface area contributed by atoms with Crippen LogP contribution in [0.4, 0.5) is 0 Å². The molecule has 0 amide bonds. The topological polar surface area (TPSA) is 12.5 Å². The van der Waals surface area contributed by atoms with Gasteiger partial charge in [0.15, 0.2) is 0 Å². The Balaban J connectivity index is 0.000000810. The second-order valence-corrected chi connectivity index (χ2v) is 2.20. The van der Waals surface area contributed by atoms with E-state index in [0.29, 0.717) is 0 Å². The third kappa shape index (κ3) is 3.20. The van der Waals surface area contributed by atoms with Crippen molar-refractivity contribution < 1.29 is 4.74 Å². The summed E-state index contributed by atoms with van der Waals surface area (Å²) in [5, 5.41) is 0. The molecule has 10 heavy (non-hydrogen) atoms. The van der Waals surface area contributed by atoms with E-state index in [4.69, 9.17) is 4.74 Å². The van der Waals surface area contributed by atoms with Gasteiger partial charge in [-0.15, -0.1) is 19.0 Å². The molecule has 3 heteroatoms. The Morgan fingerprint density at radius 2 is 2.00 bits per heavy atom. The zero-order chi connectivity index (χ0) is 6.53. The van der Waals surface area contributed by atoms with Crippen LogP contribution >= 0.6 is 12.4 Å². The third-order valence-electron chi connectivity index (χ3n) is 1.49. The molecule has 1 aliphatic rings. The van der Waals surface area contributed by atoms with Crippen LogP contribution in [0.1, 0.15) is 0 Å². The summed E-state index contributed by atoms with van der Waals surface area (Å²) in [5.74, 6) is 0. The summed E-state index contributed by atoms with van der Waals surface area (Å²) >= 11 is 0. The van der Waals surface area contributed by atoms with Gasteiger partial charge in [0.1, 0.15) is 0 Å². The molecule has 0 unspecified atom stereocenters. The minimum atomic E-state index is 0. The second kappa shape index (κ2) is 5.71. The molecule has 0 aliphatic carbocycles. The van der Waals surface area contributed by atoms with Gasteiger partial charge in [-0.1, -0.05) is 6.08 Å². The van der Waals surface area contributed by atoms with E-state index in [9.17, 15) is 0 Å². The molecule has 60 valence electrons. The van der Waals surface area contributed by atoms with Crippen molar-refractivity contribution in [3.63, 3.8) is 0 Å². The van der Waals surface area contributed by atoms with Crippen LogP contribution in [-0.2, 0) is 4.74 Å². The van der Waals surface area contributed by atoms with Crippen molar-refractivity contribution >= 4 is 12.4 Å². The van der Waals surface area contributed by atoms with E-state index in [1.807, 2.05) is 6.08 Å². The highest BCUT2D eigenvalue weighted by molar-refractivity contribution is 5.85. The monoisotopic (exact) mass is 163 g/mol. The van der Waals surface area contributed by atoms with Crippen LogP contribution in [0, 0.1) is 0 Å². The molecule has 1 fully saturated rings. The molecule has 0 saturated carbocycles. The SMILES string of the molecule is C=CCN1CCOCC1.Cl. The standard InChI is InChI=1S/C7H13NO.ClH/c1-2-3-8-4-6-9-7-5-8;/h2H,1,3-7H2;1H. The summed E-state index contributed by atoms with van der Waals surface area (Å²) in [6.07, 6.45) is 1.94. The molecule has 0 aromatic rings. The number of halogens is 1. The molecule has 0 aromatic carbocycles. The molecule has 0 bridgehead atoms. The first kappa shape index (κ1) is 9.95. The van der Waals surface area contributed by atoms with Crippen LogP contribution in [0.15, 0.2) is 12.7 Å². The van der Waals surface area contributed by atoms with E-state index in [1.54, 1.807) is 0 Å². The summed E-state index contributed by atoms with van der Waals surface area (Å²) in [6, 6.07) is 0. The lowest BCUT2D eigenvalue weighted by Gasteiger charge is -2.24. The summed E-state index contributed by atoms with van der Waals surface area (Å²) in [7, 11) is 0. The first-order valence-corrected chi connectivity index (χ1v) is 3.34. The summed E-state index contributed by atoms with van der Waals surface area (Å²) in [5.41, 5.74) is 0. The molecule has 1 rings (SSSR count). The van der Waals surface area contributed by atoms with E-state index in [-0.39, 0.29) is 12.4 Å². The van der Waals surface area contributed by atoms with Gasteiger partial charge < -0.3 is 4.74 Å². The first-order chi connectivity index (χ1) is 4.43. The van der Waals surface area contributed by atoms with Crippen molar-refractivity contribution in [2.75, 3.05) is 32.8 Å². The predicted molar refractivity (Wildman–Crippen MR) is 44.7 cm³/mol. The molecule has 0 aromatic heterocycles. The molecule has 0 N–H and O–H groups in total. The Hall–Kier alpha value is -0.0500. The van der Waals surface area contributed by atoms with E-state index in [0.717, 1.165) is 32.8 Å². The lowest BCUT2D eigenvalue weighted by Crippen LogP contribution is -2.36. The number of ether oxygens (including phenoxy) is 1. The number of hydrogen-bond donors (Lipinski definition) is 0. The van der Waals surface area contributed by atoms with Crippen LogP contribution < -0.4 is 0 Å². The van der Waals surface area contributed by atoms with Gasteiger partial charge in [-0.05, 0) is 0 Å². The van der Waals surface area contributed by atoms with E-state index in [1.165, 1.54) is 0 Å². The Labute approximate surface area is 68.3 Å². The van der Waals surface area contributed by atoms with E-state index >= 15 is 0 Å². The fourth-order valence-corrected chi connectivity index (χ4v) is 0.966. The quantitative estimate of drug-likeness (QED) is 0.562. The van der Waals surface area contributed by atoms with Gasteiger partial charge in [-0.25, -0.2) is 0 Å². The highest BCUT2D eigenvalue weighted by atomic mass is 35.5. The largest absolute Gasteiger partial charge is 0.379 e. The minimum Gasteiger partial charge on any atom is -0.379 e. The highest BCUT2D eigenvalue weighted by Gasteiger charge is 2.06. The maximum absolute atomic E-state index is 5.17. The molecule has 2 nitrogen and oxygen atoms in total. The van der Waals surface area contributed by atoms with Crippen LogP contribution in [0.2, 0.25) is 0 Å². The van der Waals surface area contributed by atoms with Crippen LogP contribution in [0.3, 0.4) is 0 Å². The van der Waals surface area contributed by atoms with Gasteiger partial charge in [-0.2, -0.15) is 0 Å². The van der Waals surface area contributed by atoms with Crippen molar-refractivity contribution in [1.82, 2.24) is 4.90 Å². The van der Waals surface area contributed by atoms with Gasteiger partial charge >= 0.3 is 0 Å². The number of hydrogen-bond acceptors (Lipinski definition) is 2. The van der Waals surface area contributed by atoms with Crippen molar-refractivity contribution in [2.24, 2.45) is 0 Å². The molecule has 1 aliphatic heterocycles. The Kier molecular flexibility index (Phi) is 5.69. The fourth-order valence-electron chi connectivity index (χ4n) is 0.966. The smallest absolute Gasteiger partial charge is 0.0594 e. The lowest BCUT2D eigenvalue weighted by molar-refractivity contribution is 0.0434. The van der Waals surface area contributed by atoms with Crippen molar-refractivity contribution in [3.8, 4) is 0 Å². The maximum atomic E-state index is 5.17. The van der Waals surface area contributed by atoms with Gasteiger partial charge in [0.2, 0.25) is 0 Å². The van der Waals surface area contributed by atoms with Crippen LogP contribution in [-0.4, -0.2) is 37.7 Å². The average Bonchev–Trinajstić information content (AvgIpc) is 1.91. The average molecular weight is 164 g/mol. The van der Waals surface area contributed by atoms with Crippen LogP contribution in [0.25, 0.3) is 0 Å². The normalized spacial score (nSPS) is 19.6. The summed E-state index contributed by atoms with van der Waals surface area (Å²) in [4.78, 5) is 2.33. The zero-order valence-electron chi connectivity index (χ0n) is 6.08. The molecule has 1 heterocycles. The molecule has 0 radical (unpaired) electrons. The summed E-state index contributed by atoms with van der Waals surface area (Å²) < 4.78 is 5.17. The molecular formula is C7H14ClNO. The number of rotatable bonds is 2.